The Balaban J connectivity index is 1.96. The van der Waals surface area contributed by atoms with Gasteiger partial charge >= 0.3 is 5.97 Å². The molecule has 0 bridgehead atoms. The second kappa shape index (κ2) is 4.84. The van der Waals surface area contributed by atoms with Gasteiger partial charge in [0, 0.05) is 0 Å². The van der Waals surface area contributed by atoms with Crippen molar-refractivity contribution < 1.29 is 9.90 Å². The molecule has 2 heteroatoms. The number of carbonyl (C=O) groups is 1. The van der Waals surface area contributed by atoms with Crippen molar-refractivity contribution in [3.63, 3.8) is 0 Å². The van der Waals surface area contributed by atoms with Gasteiger partial charge in [-0.25, -0.2) is 4.79 Å². The molecule has 0 saturated heterocycles. The van der Waals surface area contributed by atoms with Crippen molar-refractivity contribution in [2.24, 2.45) is 5.92 Å². The third kappa shape index (κ3) is 2.20. The second-order valence-electron chi connectivity index (χ2n) is 5.88. The summed E-state index contributed by atoms with van der Waals surface area (Å²) in [6.45, 7) is 2.21. The van der Waals surface area contributed by atoms with Gasteiger partial charge in [0.15, 0.2) is 0 Å². The highest BCUT2D eigenvalue weighted by molar-refractivity contribution is 5.89. The summed E-state index contributed by atoms with van der Waals surface area (Å²) in [5.74, 6) is -0.128. The van der Waals surface area contributed by atoms with E-state index in [2.05, 4.69) is 6.92 Å². The van der Waals surface area contributed by atoms with Crippen LogP contribution in [0.2, 0.25) is 0 Å². The molecule has 1 saturated carbocycles. The smallest absolute Gasteiger partial charge is 0.335 e. The minimum atomic E-state index is -0.827. The van der Waals surface area contributed by atoms with Gasteiger partial charge in [0.05, 0.1) is 5.56 Å². The molecule has 0 radical (unpaired) electrons. The van der Waals surface area contributed by atoms with Crippen molar-refractivity contribution >= 4 is 11.5 Å². The molecule has 3 rings (SSSR count). The fraction of sp³-hybridized carbons (Fsp3) is 0.471. The van der Waals surface area contributed by atoms with Gasteiger partial charge in [0.2, 0.25) is 0 Å². The van der Waals surface area contributed by atoms with E-state index in [1.54, 1.807) is 6.07 Å². The van der Waals surface area contributed by atoms with E-state index in [9.17, 15) is 4.79 Å². The number of allylic oxidation sites excluding steroid dienone is 2. The average Bonchev–Trinajstić information content (AvgIpc) is 2.74. The highest BCUT2D eigenvalue weighted by atomic mass is 16.4. The Hall–Kier alpha value is -1.57. The van der Waals surface area contributed by atoms with E-state index in [0.717, 1.165) is 6.42 Å². The van der Waals surface area contributed by atoms with Gasteiger partial charge in [-0.15, -0.1) is 0 Å². The predicted octanol–water partition coefficient (Wildman–Crippen LogP) is 4.29. The molecule has 1 aromatic rings. The van der Waals surface area contributed by atoms with Crippen molar-refractivity contribution in [1.82, 2.24) is 0 Å². The molecule has 2 nitrogen and oxygen atoms in total. The zero-order chi connectivity index (χ0) is 13.4. The van der Waals surface area contributed by atoms with Crippen molar-refractivity contribution in [3.8, 4) is 0 Å². The maximum atomic E-state index is 11.1. The van der Waals surface area contributed by atoms with E-state index < -0.39 is 5.97 Å². The van der Waals surface area contributed by atoms with Gasteiger partial charge in [0.1, 0.15) is 0 Å². The fourth-order valence-corrected chi connectivity index (χ4v) is 3.71. The molecular formula is C17H20O2. The fourth-order valence-electron chi connectivity index (χ4n) is 3.71. The number of hydrogen-bond donors (Lipinski definition) is 1. The Kier molecular flexibility index (Phi) is 3.17. The van der Waals surface area contributed by atoms with Crippen LogP contribution in [0.4, 0.5) is 0 Å². The lowest BCUT2D eigenvalue weighted by molar-refractivity contribution is 0.0697. The summed E-state index contributed by atoms with van der Waals surface area (Å²) < 4.78 is 0. The molecule has 0 unspecified atom stereocenters. The first-order chi connectivity index (χ1) is 9.16. The first kappa shape index (κ1) is 12.5. The molecule has 1 fully saturated rings. The quantitative estimate of drug-likeness (QED) is 0.856. The van der Waals surface area contributed by atoms with Crippen LogP contribution in [0.5, 0.6) is 0 Å². The summed E-state index contributed by atoms with van der Waals surface area (Å²) in [6.07, 6.45) is 7.57. The summed E-state index contributed by atoms with van der Waals surface area (Å²) in [5, 5.41) is 9.08. The molecule has 0 heterocycles. The summed E-state index contributed by atoms with van der Waals surface area (Å²) in [7, 11) is 0. The monoisotopic (exact) mass is 256 g/mol. The van der Waals surface area contributed by atoms with E-state index in [4.69, 9.17) is 5.11 Å². The topological polar surface area (TPSA) is 37.3 Å². The standard InChI is InChI=1S/C17H20O2/c1-11-9-14-10-13(17(18)19)7-8-15(14)16(11)12-5-3-2-4-6-12/h7-8,10,12H,2-6,9H2,1H3,(H,18,19). The molecule has 100 valence electrons. The van der Waals surface area contributed by atoms with Gasteiger partial charge in [-0.1, -0.05) is 30.9 Å². The van der Waals surface area contributed by atoms with Crippen LogP contribution < -0.4 is 0 Å². The Morgan fingerprint density at radius 1 is 1.21 bits per heavy atom. The molecule has 0 aliphatic heterocycles. The van der Waals surface area contributed by atoms with Crippen LogP contribution in [0.25, 0.3) is 5.57 Å². The first-order valence-electron chi connectivity index (χ1n) is 7.23. The van der Waals surface area contributed by atoms with E-state index in [0.29, 0.717) is 11.5 Å². The van der Waals surface area contributed by atoms with Gasteiger partial charge in [-0.3, -0.25) is 0 Å². The zero-order valence-corrected chi connectivity index (χ0v) is 11.4. The SMILES string of the molecule is CC1=C(C2CCCCC2)c2ccc(C(=O)O)cc2C1. The van der Waals surface area contributed by atoms with Crippen LogP contribution in [-0.2, 0) is 6.42 Å². The molecular weight excluding hydrogens is 236 g/mol. The molecule has 0 amide bonds. The molecule has 1 N–H and O–H groups in total. The maximum Gasteiger partial charge on any atom is 0.335 e. The third-order valence-corrected chi connectivity index (χ3v) is 4.57. The van der Waals surface area contributed by atoms with E-state index in [1.807, 2.05) is 12.1 Å². The molecule has 2 aliphatic carbocycles. The van der Waals surface area contributed by atoms with Crippen LogP contribution in [0.15, 0.2) is 23.8 Å². The van der Waals surface area contributed by atoms with Gasteiger partial charge in [-0.2, -0.15) is 0 Å². The molecule has 0 atom stereocenters. The number of carboxylic acid groups (broad SMARTS) is 1. The Morgan fingerprint density at radius 3 is 2.63 bits per heavy atom. The summed E-state index contributed by atoms with van der Waals surface area (Å²) in [5.41, 5.74) is 5.90. The van der Waals surface area contributed by atoms with Gasteiger partial charge < -0.3 is 5.11 Å². The van der Waals surface area contributed by atoms with E-state index >= 15 is 0 Å². The summed E-state index contributed by atoms with van der Waals surface area (Å²) in [6, 6.07) is 5.64. The van der Waals surface area contributed by atoms with Crippen LogP contribution in [0, 0.1) is 5.92 Å². The third-order valence-electron chi connectivity index (χ3n) is 4.57. The Labute approximate surface area is 114 Å². The van der Waals surface area contributed by atoms with Crippen molar-refractivity contribution in [1.29, 1.82) is 0 Å². The van der Waals surface area contributed by atoms with Crippen LogP contribution in [-0.4, -0.2) is 11.1 Å². The molecule has 0 aromatic heterocycles. The van der Waals surface area contributed by atoms with Crippen LogP contribution in [0.1, 0.15) is 60.5 Å². The highest BCUT2D eigenvalue weighted by Gasteiger charge is 2.27. The molecule has 19 heavy (non-hydrogen) atoms. The second-order valence-corrected chi connectivity index (χ2v) is 5.88. The van der Waals surface area contributed by atoms with Crippen molar-refractivity contribution in [2.45, 2.75) is 45.4 Å². The summed E-state index contributed by atoms with van der Waals surface area (Å²) >= 11 is 0. The summed E-state index contributed by atoms with van der Waals surface area (Å²) in [4.78, 5) is 11.1. The minimum absolute atomic E-state index is 0.413. The number of aromatic carboxylic acids is 1. The van der Waals surface area contributed by atoms with Crippen LogP contribution in [0.3, 0.4) is 0 Å². The van der Waals surface area contributed by atoms with Crippen molar-refractivity contribution in [2.75, 3.05) is 0 Å². The minimum Gasteiger partial charge on any atom is -0.478 e. The molecule has 2 aliphatic rings. The number of rotatable bonds is 2. The predicted molar refractivity (Wildman–Crippen MR) is 76.3 cm³/mol. The van der Waals surface area contributed by atoms with Crippen LogP contribution >= 0.6 is 0 Å². The number of hydrogen-bond acceptors (Lipinski definition) is 1. The normalized spacial score (nSPS) is 19.6. The Bertz CT molecular complexity index is 548. The largest absolute Gasteiger partial charge is 0.478 e. The highest BCUT2D eigenvalue weighted by Crippen LogP contribution is 2.43. The Morgan fingerprint density at radius 2 is 1.95 bits per heavy atom. The van der Waals surface area contributed by atoms with Gasteiger partial charge in [-0.05, 0) is 60.9 Å². The van der Waals surface area contributed by atoms with Gasteiger partial charge in [0.25, 0.3) is 0 Å². The lowest BCUT2D eigenvalue weighted by Gasteiger charge is -2.24. The average molecular weight is 256 g/mol. The number of fused-ring (bicyclic) bond motifs is 1. The lowest BCUT2D eigenvalue weighted by atomic mass is 9.80. The van der Waals surface area contributed by atoms with Crippen molar-refractivity contribution in [3.05, 3.63) is 40.5 Å². The lowest BCUT2D eigenvalue weighted by Crippen LogP contribution is -2.08. The molecule has 0 spiro atoms. The maximum absolute atomic E-state index is 11.1. The number of benzene rings is 1. The molecule has 1 aromatic carbocycles. The van der Waals surface area contributed by atoms with E-state index in [-0.39, 0.29) is 0 Å². The van der Waals surface area contributed by atoms with E-state index in [1.165, 1.54) is 54.4 Å². The zero-order valence-electron chi connectivity index (χ0n) is 11.4. The number of carboxylic acids is 1. The first-order valence-corrected chi connectivity index (χ1v) is 7.23.